The number of aromatic amines is 1. The van der Waals surface area contributed by atoms with Gasteiger partial charge in [-0.15, -0.1) is 0 Å². The van der Waals surface area contributed by atoms with Gasteiger partial charge in [0.25, 0.3) is 11.8 Å². The SMILES string of the molecule is CC(C)OC(C(O)C(O)CO)n1c2ccc(O)cc2c2c3c(c4c5cc6c(cc5[nH]c4c21)OCCO6)C(=O)NC3=O. The maximum atomic E-state index is 13.4. The van der Waals surface area contributed by atoms with Gasteiger partial charge in [0.15, 0.2) is 17.7 Å². The molecule has 3 aromatic carbocycles. The summed E-state index contributed by atoms with van der Waals surface area (Å²) in [7, 11) is 0. The van der Waals surface area contributed by atoms with Gasteiger partial charge in [0.2, 0.25) is 0 Å². The largest absolute Gasteiger partial charge is 0.508 e. The summed E-state index contributed by atoms with van der Waals surface area (Å²) in [5, 5.41) is 46.1. The van der Waals surface area contributed by atoms with Crippen molar-refractivity contribution in [3.8, 4) is 17.2 Å². The first kappa shape index (κ1) is 25.6. The van der Waals surface area contributed by atoms with E-state index in [2.05, 4.69) is 10.3 Å². The average molecular weight is 562 g/mol. The molecule has 12 nitrogen and oxygen atoms in total. The molecule has 2 amide bonds. The lowest BCUT2D eigenvalue weighted by Crippen LogP contribution is -2.39. The van der Waals surface area contributed by atoms with Crippen LogP contribution in [0.5, 0.6) is 17.2 Å². The fourth-order valence-electron chi connectivity index (χ4n) is 6.04. The molecule has 7 rings (SSSR count). The van der Waals surface area contributed by atoms with Crippen molar-refractivity contribution in [2.24, 2.45) is 0 Å². The van der Waals surface area contributed by atoms with Gasteiger partial charge in [0, 0.05) is 27.6 Å². The number of H-pyrrole nitrogens is 1. The van der Waals surface area contributed by atoms with Crippen molar-refractivity contribution in [3.63, 3.8) is 0 Å². The van der Waals surface area contributed by atoms with Crippen molar-refractivity contribution in [3.05, 3.63) is 41.5 Å². The second-order valence-corrected chi connectivity index (χ2v) is 10.6. The zero-order valence-corrected chi connectivity index (χ0v) is 22.1. The summed E-state index contributed by atoms with van der Waals surface area (Å²) < 4.78 is 19.4. The molecule has 12 heteroatoms. The summed E-state index contributed by atoms with van der Waals surface area (Å²) in [6.45, 7) is 3.54. The number of aromatic hydroxyl groups is 1. The number of hydrogen-bond donors (Lipinski definition) is 6. The number of fused-ring (bicyclic) bond motifs is 11. The number of carbonyl (C=O) groups is 2. The number of carbonyl (C=O) groups excluding carboxylic acids is 2. The third-order valence-corrected chi connectivity index (χ3v) is 7.66. The van der Waals surface area contributed by atoms with Gasteiger partial charge in [-0.25, -0.2) is 0 Å². The van der Waals surface area contributed by atoms with Crippen molar-refractivity contribution in [2.75, 3.05) is 19.8 Å². The van der Waals surface area contributed by atoms with Gasteiger partial charge < -0.3 is 44.2 Å². The van der Waals surface area contributed by atoms with Crippen molar-refractivity contribution in [1.29, 1.82) is 0 Å². The van der Waals surface area contributed by atoms with Crippen LogP contribution in [0.2, 0.25) is 0 Å². The van der Waals surface area contributed by atoms with Crippen molar-refractivity contribution in [1.82, 2.24) is 14.9 Å². The highest BCUT2D eigenvalue weighted by Gasteiger charge is 2.39. The molecule has 212 valence electrons. The van der Waals surface area contributed by atoms with Gasteiger partial charge in [-0.1, -0.05) is 0 Å². The molecule has 0 radical (unpaired) electrons. The van der Waals surface area contributed by atoms with Crippen LogP contribution in [0.3, 0.4) is 0 Å². The highest BCUT2D eigenvalue weighted by atomic mass is 16.6. The molecule has 0 spiro atoms. The van der Waals surface area contributed by atoms with Crippen LogP contribution >= 0.6 is 0 Å². The summed E-state index contributed by atoms with van der Waals surface area (Å²) in [6, 6.07) is 8.06. The maximum Gasteiger partial charge on any atom is 0.259 e. The van der Waals surface area contributed by atoms with E-state index in [4.69, 9.17) is 14.2 Å². The van der Waals surface area contributed by atoms with E-state index in [0.717, 1.165) is 0 Å². The number of hydrogen-bond acceptors (Lipinski definition) is 9. The third-order valence-electron chi connectivity index (χ3n) is 7.66. The van der Waals surface area contributed by atoms with Gasteiger partial charge in [-0.3, -0.25) is 14.9 Å². The molecule has 2 aliphatic heterocycles. The molecule has 0 fully saturated rings. The van der Waals surface area contributed by atoms with E-state index < -0.39 is 43.0 Å². The Morgan fingerprint density at radius 3 is 2.34 bits per heavy atom. The first-order valence-corrected chi connectivity index (χ1v) is 13.2. The molecule has 2 aliphatic rings. The molecule has 3 atom stereocenters. The number of phenols is 1. The van der Waals surface area contributed by atoms with Crippen LogP contribution < -0.4 is 14.8 Å². The van der Waals surface area contributed by atoms with Crippen molar-refractivity contribution in [2.45, 2.75) is 38.4 Å². The Hall–Kier alpha value is -4.36. The summed E-state index contributed by atoms with van der Waals surface area (Å²) >= 11 is 0. The Bertz CT molecular complexity index is 1920. The number of ether oxygens (including phenoxy) is 3. The lowest BCUT2D eigenvalue weighted by Gasteiger charge is -2.30. The summed E-state index contributed by atoms with van der Waals surface area (Å²) in [4.78, 5) is 30.1. The molecule has 0 saturated carbocycles. The number of aromatic nitrogens is 2. The smallest absolute Gasteiger partial charge is 0.259 e. The molecule has 0 saturated heterocycles. The zero-order chi connectivity index (χ0) is 28.7. The molecule has 0 aliphatic carbocycles. The summed E-state index contributed by atoms with van der Waals surface area (Å²) in [5.74, 6) is -0.234. The van der Waals surface area contributed by atoms with E-state index >= 15 is 0 Å². The van der Waals surface area contributed by atoms with E-state index in [1.807, 2.05) is 0 Å². The van der Waals surface area contributed by atoms with Crippen molar-refractivity contribution >= 4 is 55.4 Å². The van der Waals surface area contributed by atoms with Crippen LogP contribution in [0.1, 0.15) is 40.8 Å². The topological polar surface area (TPSA) is 176 Å². The number of aliphatic hydroxyl groups is 3. The maximum absolute atomic E-state index is 13.4. The van der Waals surface area contributed by atoms with E-state index in [-0.39, 0.29) is 16.9 Å². The van der Waals surface area contributed by atoms with E-state index in [1.54, 1.807) is 36.6 Å². The van der Waals surface area contributed by atoms with Crippen LogP contribution in [0.25, 0.3) is 43.6 Å². The van der Waals surface area contributed by atoms with Gasteiger partial charge in [-0.2, -0.15) is 0 Å². The Balaban J connectivity index is 1.71. The summed E-state index contributed by atoms with van der Waals surface area (Å²) in [5.41, 5.74) is 2.21. The molecule has 4 heterocycles. The Labute approximate surface area is 231 Å². The lowest BCUT2D eigenvalue weighted by molar-refractivity contribution is -0.146. The fraction of sp³-hybridized carbons (Fsp3) is 0.310. The van der Waals surface area contributed by atoms with Crippen LogP contribution in [0.4, 0.5) is 0 Å². The van der Waals surface area contributed by atoms with Crippen LogP contribution in [-0.4, -0.2) is 79.9 Å². The second kappa shape index (κ2) is 9.08. The predicted molar refractivity (Wildman–Crippen MR) is 148 cm³/mol. The normalized spacial score (nSPS) is 17.1. The number of rotatable bonds is 6. The fourth-order valence-corrected chi connectivity index (χ4v) is 6.04. The van der Waals surface area contributed by atoms with Crippen LogP contribution in [-0.2, 0) is 4.74 Å². The molecule has 5 aromatic rings. The molecular formula is C29H27N3O9. The van der Waals surface area contributed by atoms with Crippen LogP contribution in [0.15, 0.2) is 30.3 Å². The zero-order valence-electron chi connectivity index (χ0n) is 22.1. The van der Waals surface area contributed by atoms with Crippen molar-refractivity contribution < 1.29 is 44.2 Å². The highest BCUT2D eigenvalue weighted by Crippen LogP contribution is 2.47. The first-order chi connectivity index (χ1) is 19.7. The quantitative estimate of drug-likeness (QED) is 0.170. The molecule has 2 aromatic heterocycles. The Morgan fingerprint density at radius 2 is 1.66 bits per heavy atom. The van der Waals surface area contributed by atoms with E-state index in [0.29, 0.717) is 68.3 Å². The molecule has 6 N–H and O–H groups in total. The van der Waals surface area contributed by atoms with Gasteiger partial charge in [0.1, 0.15) is 31.2 Å². The predicted octanol–water partition coefficient (Wildman–Crippen LogP) is 2.43. The van der Waals surface area contributed by atoms with E-state index in [9.17, 15) is 30.0 Å². The average Bonchev–Trinajstić information content (AvgIpc) is 3.57. The molecule has 41 heavy (non-hydrogen) atoms. The Morgan fingerprint density at radius 1 is 0.976 bits per heavy atom. The molecule has 3 unspecified atom stereocenters. The lowest BCUT2D eigenvalue weighted by atomic mass is 9.96. The number of nitrogens with one attached hydrogen (secondary N) is 2. The minimum Gasteiger partial charge on any atom is -0.508 e. The number of aliphatic hydroxyl groups excluding tert-OH is 3. The number of imide groups is 1. The number of benzene rings is 3. The number of amides is 2. The molecular weight excluding hydrogens is 534 g/mol. The number of nitrogens with zero attached hydrogens (tertiary/aromatic N) is 1. The second-order valence-electron chi connectivity index (χ2n) is 10.6. The standard InChI is InChI=1S/C29H27N3O9/c1-11(2)41-29(26(36)17(35)10-33)32-16-4-3-12(34)7-14(16)21-23-22(27(37)31-28(23)38)20-13-8-18-19(40-6-5-39-18)9-15(13)30-24(20)25(21)32/h3-4,7-9,11,17,26,29-30,33-36H,5-6,10H2,1-2H3,(H,31,37,38). The third kappa shape index (κ3) is 3.61. The van der Waals surface area contributed by atoms with Gasteiger partial charge >= 0.3 is 0 Å². The summed E-state index contributed by atoms with van der Waals surface area (Å²) in [6.07, 6.45) is -4.81. The first-order valence-electron chi connectivity index (χ1n) is 13.2. The van der Waals surface area contributed by atoms with E-state index in [1.165, 1.54) is 12.1 Å². The minimum absolute atomic E-state index is 0.0778. The van der Waals surface area contributed by atoms with Gasteiger partial charge in [0.05, 0.1) is 45.9 Å². The van der Waals surface area contributed by atoms with Crippen LogP contribution in [0, 0.1) is 0 Å². The minimum atomic E-state index is -1.59. The number of phenolic OH excluding ortho intramolecular Hbond substituents is 1. The monoisotopic (exact) mass is 561 g/mol. The molecule has 0 bridgehead atoms. The highest BCUT2D eigenvalue weighted by molar-refractivity contribution is 6.39. The Kier molecular flexibility index (Phi) is 5.67. The van der Waals surface area contributed by atoms with Gasteiger partial charge in [-0.05, 0) is 38.1 Å².